The van der Waals surface area contributed by atoms with Gasteiger partial charge in [0, 0.05) is 29.7 Å². The number of anilines is 1. The first-order valence-electron chi connectivity index (χ1n) is 7.42. The van der Waals surface area contributed by atoms with Crippen molar-refractivity contribution in [3.8, 4) is 0 Å². The third-order valence-electron chi connectivity index (χ3n) is 3.11. The van der Waals surface area contributed by atoms with Gasteiger partial charge in [-0.25, -0.2) is 9.97 Å². The van der Waals surface area contributed by atoms with Crippen LogP contribution in [-0.4, -0.2) is 16.5 Å². The van der Waals surface area contributed by atoms with Gasteiger partial charge in [-0.15, -0.1) is 0 Å². The topological polar surface area (TPSA) is 37.8 Å². The Morgan fingerprint density at radius 1 is 1.19 bits per heavy atom. The maximum Gasteiger partial charge on any atom is 0.135 e. The third-order valence-corrected chi connectivity index (χ3v) is 3.48. The summed E-state index contributed by atoms with van der Waals surface area (Å²) in [6, 6.07) is 9.89. The summed E-state index contributed by atoms with van der Waals surface area (Å²) < 4.78 is 0. The lowest BCUT2D eigenvalue weighted by atomic mass is 10.1. The summed E-state index contributed by atoms with van der Waals surface area (Å²) in [5.41, 5.74) is 2.14. The Balaban J connectivity index is 2.29. The molecule has 3 nitrogen and oxygen atoms in total. The third kappa shape index (κ3) is 4.71. The molecule has 0 spiro atoms. The molecule has 0 unspecified atom stereocenters. The van der Waals surface area contributed by atoms with E-state index in [0.29, 0.717) is 12.3 Å². The molecular formula is C17H22ClN3. The van der Waals surface area contributed by atoms with Crippen molar-refractivity contribution >= 4 is 17.4 Å². The second-order valence-electron chi connectivity index (χ2n) is 5.56. The Morgan fingerprint density at radius 3 is 2.62 bits per heavy atom. The molecule has 112 valence electrons. The van der Waals surface area contributed by atoms with Crippen molar-refractivity contribution < 1.29 is 0 Å². The van der Waals surface area contributed by atoms with E-state index in [1.165, 1.54) is 0 Å². The Labute approximate surface area is 131 Å². The average Bonchev–Trinajstić information content (AvgIpc) is 2.41. The number of hydrogen-bond donors (Lipinski definition) is 1. The Morgan fingerprint density at radius 2 is 1.95 bits per heavy atom. The van der Waals surface area contributed by atoms with Gasteiger partial charge in [0.15, 0.2) is 0 Å². The number of aromatic nitrogens is 2. The first kappa shape index (κ1) is 15.8. The molecule has 0 saturated heterocycles. The maximum atomic E-state index is 6.23. The quantitative estimate of drug-likeness (QED) is 0.862. The summed E-state index contributed by atoms with van der Waals surface area (Å²) in [5, 5.41) is 4.04. The molecular weight excluding hydrogens is 282 g/mol. The van der Waals surface area contributed by atoms with E-state index in [-0.39, 0.29) is 0 Å². The molecule has 2 rings (SSSR count). The van der Waals surface area contributed by atoms with Crippen LogP contribution in [0.25, 0.3) is 0 Å². The molecule has 0 bridgehead atoms. The number of benzene rings is 1. The molecule has 1 N–H and O–H groups in total. The van der Waals surface area contributed by atoms with Gasteiger partial charge in [-0.2, -0.15) is 0 Å². The van der Waals surface area contributed by atoms with Gasteiger partial charge in [-0.3, -0.25) is 0 Å². The highest BCUT2D eigenvalue weighted by atomic mass is 35.5. The molecule has 0 atom stereocenters. The van der Waals surface area contributed by atoms with Crippen LogP contribution in [0.3, 0.4) is 0 Å². The van der Waals surface area contributed by atoms with Crippen LogP contribution in [-0.2, 0) is 12.8 Å². The number of halogens is 1. The van der Waals surface area contributed by atoms with Crippen LogP contribution in [0.2, 0.25) is 5.02 Å². The fourth-order valence-corrected chi connectivity index (χ4v) is 2.44. The van der Waals surface area contributed by atoms with Crippen molar-refractivity contribution in [3.63, 3.8) is 0 Å². The highest BCUT2D eigenvalue weighted by Crippen LogP contribution is 2.19. The van der Waals surface area contributed by atoms with Gasteiger partial charge in [-0.1, -0.05) is 43.6 Å². The fourth-order valence-electron chi connectivity index (χ4n) is 2.24. The van der Waals surface area contributed by atoms with Crippen molar-refractivity contribution in [3.05, 3.63) is 52.4 Å². The van der Waals surface area contributed by atoms with E-state index in [1.54, 1.807) is 0 Å². The first-order valence-corrected chi connectivity index (χ1v) is 7.80. The van der Waals surface area contributed by atoms with Crippen LogP contribution >= 0.6 is 11.6 Å². The largest absolute Gasteiger partial charge is 0.370 e. The van der Waals surface area contributed by atoms with Crippen LogP contribution in [0.5, 0.6) is 0 Å². The second-order valence-corrected chi connectivity index (χ2v) is 5.96. The van der Waals surface area contributed by atoms with E-state index in [1.807, 2.05) is 30.3 Å². The SMILES string of the molecule is CCNc1cc(CC(C)C)nc(Cc2ccccc2Cl)n1. The highest BCUT2D eigenvalue weighted by Gasteiger charge is 2.08. The Bertz CT molecular complexity index is 596. The molecule has 21 heavy (non-hydrogen) atoms. The lowest BCUT2D eigenvalue weighted by Crippen LogP contribution is -2.08. The minimum absolute atomic E-state index is 0.572. The standard InChI is InChI=1S/C17H22ClN3/c1-4-19-16-11-14(9-12(2)3)20-17(21-16)10-13-7-5-6-8-15(13)18/h5-8,11-12H,4,9-10H2,1-3H3,(H,19,20,21). The molecule has 1 aromatic carbocycles. The molecule has 4 heteroatoms. The summed E-state index contributed by atoms with van der Waals surface area (Å²) in [5.74, 6) is 2.28. The van der Waals surface area contributed by atoms with Crippen molar-refractivity contribution in [2.45, 2.75) is 33.6 Å². The van der Waals surface area contributed by atoms with Gasteiger partial charge in [-0.05, 0) is 30.9 Å². The molecule has 0 aliphatic rings. The molecule has 1 aromatic heterocycles. The number of nitrogens with zero attached hydrogens (tertiary/aromatic N) is 2. The Hall–Kier alpha value is -1.61. The summed E-state index contributed by atoms with van der Waals surface area (Å²) in [7, 11) is 0. The van der Waals surface area contributed by atoms with Crippen molar-refractivity contribution in [2.24, 2.45) is 5.92 Å². The average molecular weight is 304 g/mol. The van der Waals surface area contributed by atoms with E-state index < -0.39 is 0 Å². The fraction of sp³-hybridized carbons (Fsp3) is 0.412. The molecule has 0 aliphatic heterocycles. The molecule has 2 aromatic rings. The molecule has 1 heterocycles. The monoisotopic (exact) mass is 303 g/mol. The zero-order valence-corrected chi connectivity index (χ0v) is 13.6. The summed E-state index contributed by atoms with van der Waals surface area (Å²) in [6.45, 7) is 7.31. The molecule has 0 saturated carbocycles. The first-order chi connectivity index (χ1) is 10.1. The smallest absolute Gasteiger partial charge is 0.135 e. The van der Waals surface area contributed by atoms with Gasteiger partial charge in [0.1, 0.15) is 11.6 Å². The van der Waals surface area contributed by atoms with Gasteiger partial charge >= 0.3 is 0 Å². The van der Waals surface area contributed by atoms with E-state index >= 15 is 0 Å². The number of nitrogens with one attached hydrogen (secondary N) is 1. The highest BCUT2D eigenvalue weighted by molar-refractivity contribution is 6.31. The van der Waals surface area contributed by atoms with Gasteiger partial charge in [0.2, 0.25) is 0 Å². The van der Waals surface area contributed by atoms with E-state index in [0.717, 1.165) is 40.9 Å². The molecule has 0 amide bonds. The van der Waals surface area contributed by atoms with Crippen LogP contribution < -0.4 is 5.32 Å². The predicted molar refractivity (Wildman–Crippen MR) is 89.0 cm³/mol. The van der Waals surface area contributed by atoms with E-state index in [4.69, 9.17) is 11.6 Å². The minimum Gasteiger partial charge on any atom is -0.370 e. The van der Waals surface area contributed by atoms with Crippen LogP contribution in [0.4, 0.5) is 5.82 Å². The van der Waals surface area contributed by atoms with Gasteiger partial charge in [0.25, 0.3) is 0 Å². The van der Waals surface area contributed by atoms with E-state index in [9.17, 15) is 0 Å². The number of rotatable bonds is 6. The van der Waals surface area contributed by atoms with Gasteiger partial charge in [0.05, 0.1) is 0 Å². The zero-order chi connectivity index (χ0) is 15.2. The maximum absolute atomic E-state index is 6.23. The molecule has 0 fully saturated rings. The predicted octanol–water partition coefficient (Wildman–Crippen LogP) is 4.35. The van der Waals surface area contributed by atoms with Crippen LogP contribution in [0.15, 0.2) is 30.3 Å². The minimum atomic E-state index is 0.572. The normalized spacial score (nSPS) is 10.9. The lowest BCUT2D eigenvalue weighted by Gasteiger charge is -2.11. The van der Waals surface area contributed by atoms with Crippen molar-refractivity contribution in [1.82, 2.24) is 9.97 Å². The summed E-state index contributed by atoms with van der Waals surface area (Å²) in [6.07, 6.45) is 1.61. The molecule has 0 radical (unpaired) electrons. The summed E-state index contributed by atoms with van der Waals surface area (Å²) in [4.78, 5) is 9.27. The second kappa shape index (κ2) is 7.41. The van der Waals surface area contributed by atoms with Crippen LogP contribution in [0, 0.1) is 5.92 Å². The van der Waals surface area contributed by atoms with Crippen molar-refractivity contribution in [2.75, 3.05) is 11.9 Å². The molecule has 0 aliphatic carbocycles. The van der Waals surface area contributed by atoms with Crippen LogP contribution in [0.1, 0.15) is 37.9 Å². The summed E-state index contributed by atoms with van der Waals surface area (Å²) >= 11 is 6.23. The zero-order valence-electron chi connectivity index (χ0n) is 12.9. The number of hydrogen-bond acceptors (Lipinski definition) is 3. The van der Waals surface area contributed by atoms with Gasteiger partial charge < -0.3 is 5.32 Å². The van der Waals surface area contributed by atoms with E-state index in [2.05, 4.69) is 36.1 Å². The van der Waals surface area contributed by atoms with Crippen molar-refractivity contribution in [1.29, 1.82) is 0 Å². The Kier molecular flexibility index (Phi) is 5.57. The lowest BCUT2D eigenvalue weighted by molar-refractivity contribution is 0.631.